The number of para-hydroxylation sites is 1. The molecule has 5 heteroatoms. The quantitative estimate of drug-likeness (QED) is 0.682. The summed E-state index contributed by atoms with van der Waals surface area (Å²) >= 11 is 1.37. The summed E-state index contributed by atoms with van der Waals surface area (Å²) < 4.78 is 0.973. The largest absolute Gasteiger partial charge is 0.274 e. The van der Waals surface area contributed by atoms with Crippen molar-refractivity contribution >= 4 is 38.5 Å². The lowest BCUT2D eigenvalue weighted by Gasteiger charge is -2.11. The van der Waals surface area contributed by atoms with E-state index in [1.807, 2.05) is 54.6 Å². The number of carbonyl (C=O) groups is 2. The van der Waals surface area contributed by atoms with Crippen LogP contribution in [-0.4, -0.2) is 16.8 Å². The Labute approximate surface area is 131 Å². The fourth-order valence-corrected chi connectivity index (χ4v) is 3.72. The molecule has 0 aliphatic carbocycles. The summed E-state index contributed by atoms with van der Waals surface area (Å²) in [6, 6.07) is 17.1. The average Bonchev–Trinajstić information content (AvgIpc) is 3.08. The van der Waals surface area contributed by atoms with Gasteiger partial charge in [0.15, 0.2) is 5.13 Å². The first-order chi connectivity index (χ1) is 10.7. The fraction of sp³-hybridized carbons (Fsp3) is 0.118. The van der Waals surface area contributed by atoms with Gasteiger partial charge in [-0.05, 0) is 17.7 Å². The van der Waals surface area contributed by atoms with Gasteiger partial charge in [-0.15, -0.1) is 0 Å². The van der Waals surface area contributed by atoms with E-state index in [1.165, 1.54) is 16.2 Å². The predicted molar refractivity (Wildman–Crippen MR) is 85.9 cm³/mol. The van der Waals surface area contributed by atoms with Gasteiger partial charge in [0, 0.05) is 6.42 Å². The molecule has 0 N–H and O–H groups in total. The highest BCUT2D eigenvalue weighted by Gasteiger charge is 2.41. The van der Waals surface area contributed by atoms with Gasteiger partial charge in [-0.2, -0.15) is 0 Å². The van der Waals surface area contributed by atoms with Crippen LogP contribution in [-0.2, 0) is 9.59 Å². The molecule has 2 amide bonds. The summed E-state index contributed by atoms with van der Waals surface area (Å²) in [5, 5.41) is 0.467. The molecule has 1 aliphatic rings. The zero-order valence-electron chi connectivity index (χ0n) is 11.6. The molecule has 3 aromatic rings. The maximum Gasteiger partial charge on any atom is 0.243 e. The predicted octanol–water partition coefficient (Wildman–Crippen LogP) is 3.34. The van der Waals surface area contributed by atoms with E-state index in [1.54, 1.807) is 0 Å². The number of thiazole rings is 1. The number of rotatable bonds is 2. The summed E-state index contributed by atoms with van der Waals surface area (Å²) in [6.07, 6.45) is 0.207. The molecule has 0 radical (unpaired) electrons. The Morgan fingerprint density at radius 2 is 1.73 bits per heavy atom. The van der Waals surface area contributed by atoms with E-state index in [-0.39, 0.29) is 18.2 Å². The smallest absolute Gasteiger partial charge is 0.243 e. The normalized spacial score (nSPS) is 18.4. The number of imide groups is 1. The molecule has 1 aliphatic heterocycles. The van der Waals surface area contributed by atoms with Crippen molar-refractivity contribution in [1.82, 2.24) is 4.98 Å². The highest BCUT2D eigenvalue weighted by molar-refractivity contribution is 7.22. The molecule has 4 nitrogen and oxygen atoms in total. The van der Waals surface area contributed by atoms with E-state index < -0.39 is 5.92 Å². The summed E-state index contributed by atoms with van der Waals surface area (Å²) in [6.45, 7) is 0. The molecule has 2 heterocycles. The topological polar surface area (TPSA) is 50.3 Å². The van der Waals surface area contributed by atoms with Crippen LogP contribution in [0.2, 0.25) is 0 Å². The second-order valence-electron chi connectivity index (χ2n) is 5.20. The van der Waals surface area contributed by atoms with E-state index in [9.17, 15) is 9.59 Å². The number of carbonyl (C=O) groups excluding carboxylic acids is 2. The van der Waals surface area contributed by atoms with Gasteiger partial charge in [-0.3, -0.25) is 9.59 Å². The summed E-state index contributed by atoms with van der Waals surface area (Å²) in [7, 11) is 0. The Morgan fingerprint density at radius 1 is 1.00 bits per heavy atom. The number of nitrogens with zero attached hydrogens (tertiary/aromatic N) is 2. The van der Waals surface area contributed by atoms with E-state index in [0.29, 0.717) is 5.13 Å². The van der Waals surface area contributed by atoms with Crippen molar-refractivity contribution in [3.05, 3.63) is 60.2 Å². The van der Waals surface area contributed by atoms with E-state index in [4.69, 9.17) is 0 Å². The van der Waals surface area contributed by atoms with Crippen molar-refractivity contribution in [2.75, 3.05) is 4.90 Å². The minimum Gasteiger partial charge on any atom is -0.274 e. The number of aromatic nitrogens is 1. The van der Waals surface area contributed by atoms with Gasteiger partial charge in [0.2, 0.25) is 11.8 Å². The third-order valence-electron chi connectivity index (χ3n) is 3.82. The molecule has 108 valence electrons. The van der Waals surface area contributed by atoms with Crippen LogP contribution in [0.15, 0.2) is 54.6 Å². The highest BCUT2D eigenvalue weighted by Crippen LogP contribution is 2.36. The Kier molecular flexibility index (Phi) is 3.01. The van der Waals surface area contributed by atoms with Crippen LogP contribution in [0.5, 0.6) is 0 Å². The number of anilines is 1. The van der Waals surface area contributed by atoms with Gasteiger partial charge in [-0.1, -0.05) is 53.8 Å². The third-order valence-corrected chi connectivity index (χ3v) is 4.84. The van der Waals surface area contributed by atoms with Crippen molar-refractivity contribution in [1.29, 1.82) is 0 Å². The molecular weight excluding hydrogens is 296 g/mol. The monoisotopic (exact) mass is 308 g/mol. The van der Waals surface area contributed by atoms with Gasteiger partial charge in [-0.25, -0.2) is 9.88 Å². The zero-order chi connectivity index (χ0) is 15.1. The van der Waals surface area contributed by atoms with Crippen LogP contribution in [0, 0.1) is 0 Å². The molecule has 0 bridgehead atoms. The molecule has 2 aromatic carbocycles. The van der Waals surface area contributed by atoms with Crippen LogP contribution >= 0.6 is 11.3 Å². The van der Waals surface area contributed by atoms with Gasteiger partial charge < -0.3 is 0 Å². The number of fused-ring (bicyclic) bond motifs is 1. The lowest BCUT2D eigenvalue weighted by atomic mass is 9.98. The first kappa shape index (κ1) is 13.2. The lowest BCUT2D eigenvalue weighted by Crippen LogP contribution is -2.29. The Balaban J connectivity index is 1.73. The van der Waals surface area contributed by atoms with Crippen LogP contribution in [0.4, 0.5) is 5.13 Å². The molecule has 4 rings (SSSR count). The minimum absolute atomic E-state index is 0.182. The van der Waals surface area contributed by atoms with Crippen molar-refractivity contribution in [3.8, 4) is 0 Å². The van der Waals surface area contributed by atoms with Crippen LogP contribution < -0.4 is 4.90 Å². The average molecular weight is 308 g/mol. The second-order valence-corrected chi connectivity index (χ2v) is 6.21. The maximum atomic E-state index is 12.7. The number of hydrogen-bond acceptors (Lipinski definition) is 4. The fourth-order valence-electron chi connectivity index (χ4n) is 2.73. The molecule has 1 saturated heterocycles. The van der Waals surface area contributed by atoms with Crippen LogP contribution in [0.1, 0.15) is 17.9 Å². The molecule has 1 atom stereocenters. The van der Waals surface area contributed by atoms with Gasteiger partial charge in [0.05, 0.1) is 16.1 Å². The van der Waals surface area contributed by atoms with E-state index in [2.05, 4.69) is 4.98 Å². The van der Waals surface area contributed by atoms with Crippen molar-refractivity contribution in [3.63, 3.8) is 0 Å². The molecule has 0 spiro atoms. The van der Waals surface area contributed by atoms with E-state index >= 15 is 0 Å². The molecule has 1 fully saturated rings. The van der Waals surface area contributed by atoms with E-state index in [0.717, 1.165) is 15.8 Å². The van der Waals surface area contributed by atoms with Crippen LogP contribution in [0.3, 0.4) is 0 Å². The molecular formula is C17H12N2O2S. The third kappa shape index (κ3) is 2.02. The zero-order valence-corrected chi connectivity index (χ0v) is 12.4. The maximum absolute atomic E-state index is 12.7. The van der Waals surface area contributed by atoms with Gasteiger partial charge in [0.1, 0.15) is 0 Å². The summed E-state index contributed by atoms with van der Waals surface area (Å²) in [5.74, 6) is -0.770. The molecule has 22 heavy (non-hydrogen) atoms. The number of hydrogen-bond donors (Lipinski definition) is 0. The van der Waals surface area contributed by atoms with Gasteiger partial charge >= 0.3 is 0 Å². The number of amides is 2. The van der Waals surface area contributed by atoms with Crippen LogP contribution in [0.25, 0.3) is 10.2 Å². The standard InChI is InChI=1S/C17H12N2O2S/c20-15-10-12(11-6-2-1-3-7-11)16(21)19(15)17-18-13-8-4-5-9-14(13)22-17/h1-9,12H,10H2/t12-/m0/s1. The summed E-state index contributed by atoms with van der Waals surface area (Å²) in [5.41, 5.74) is 1.69. The first-order valence-electron chi connectivity index (χ1n) is 7.01. The second kappa shape index (κ2) is 5.03. The molecule has 0 saturated carbocycles. The van der Waals surface area contributed by atoms with Crippen molar-refractivity contribution < 1.29 is 9.59 Å². The molecule has 1 aromatic heterocycles. The van der Waals surface area contributed by atoms with Gasteiger partial charge in [0.25, 0.3) is 0 Å². The Bertz CT molecular complexity index is 840. The number of benzene rings is 2. The minimum atomic E-state index is -0.402. The Hall–Kier alpha value is -2.53. The SMILES string of the molecule is O=C1C[C@@H](c2ccccc2)C(=O)N1c1nc2ccccc2s1. The van der Waals surface area contributed by atoms with Crippen molar-refractivity contribution in [2.24, 2.45) is 0 Å². The van der Waals surface area contributed by atoms with Crippen molar-refractivity contribution in [2.45, 2.75) is 12.3 Å². The first-order valence-corrected chi connectivity index (χ1v) is 7.83. The summed E-state index contributed by atoms with van der Waals surface area (Å²) in [4.78, 5) is 30.6. The molecule has 0 unspecified atom stereocenters. The highest BCUT2D eigenvalue weighted by atomic mass is 32.1. The lowest BCUT2D eigenvalue weighted by molar-refractivity contribution is -0.121. The Morgan fingerprint density at radius 3 is 2.50 bits per heavy atom.